The number of hydrogen-bond donors (Lipinski definition) is 3. The SMILES string of the molecule is C=CCOC(=O)N[C@@H](CCC(=O)O)C(=O)O. The number of carbonyl (C=O) groups excluding carboxylic acids is 1. The molecule has 0 rings (SSSR count). The number of aliphatic carboxylic acids is 2. The fraction of sp³-hybridized carbons (Fsp3) is 0.444. The average molecular weight is 231 g/mol. The Morgan fingerprint density at radius 1 is 1.38 bits per heavy atom. The number of ether oxygens (including phenoxy) is 1. The van der Waals surface area contributed by atoms with E-state index in [-0.39, 0.29) is 19.4 Å². The highest BCUT2D eigenvalue weighted by Gasteiger charge is 2.21. The van der Waals surface area contributed by atoms with E-state index in [0.717, 1.165) is 0 Å². The second-order valence-corrected chi connectivity index (χ2v) is 2.85. The van der Waals surface area contributed by atoms with Crippen LogP contribution in [0.2, 0.25) is 0 Å². The number of amides is 1. The van der Waals surface area contributed by atoms with E-state index in [2.05, 4.69) is 11.3 Å². The molecule has 0 radical (unpaired) electrons. The highest BCUT2D eigenvalue weighted by Crippen LogP contribution is 1.98. The van der Waals surface area contributed by atoms with Gasteiger partial charge in [0.05, 0.1) is 0 Å². The minimum Gasteiger partial charge on any atom is -0.481 e. The fourth-order valence-corrected chi connectivity index (χ4v) is 0.844. The van der Waals surface area contributed by atoms with Crippen molar-refractivity contribution in [1.82, 2.24) is 5.32 Å². The summed E-state index contributed by atoms with van der Waals surface area (Å²) in [7, 11) is 0. The van der Waals surface area contributed by atoms with Gasteiger partial charge < -0.3 is 20.3 Å². The highest BCUT2D eigenvalue weighted by molar-refractivity contribution is 5.80. The Morgan fingerprint density at radius 2 is 2.00 bits per heavy atom. The summed E-state index contributed by atoms with van der Waals surface area (Å²) in [5.74, 6) is -2.44. The zero-order valence-corrected chi connectivity index (χ0v) is 8.51. The van der Waals surface area contributed by atoms with Crippen LogP contribution >= 0.6 is 0 Å². The molecule has 0 spiro atoms. The van der Waals surface area contributed by atoms with Crippen LogP contribution in [0, 0.1) is 0 Å². The normalized spacial score (nSPS) is 11.2. The van der Waals surface area contributed by atoms with E-state index in [1.165, 1.54) is 6.08 Å². The predicted octanol–water partition coefficient (Wildman–Crippen LogP) is 0.217. The van der Waals surface area contributed by atoms with Crippen molar-refractivity contribution in [2.75, 3.05) is 6.61 Å². The largest absolute Gasteiger partial charge is 0.481 e. The number of carboxylic acid groups (broad SMARTS) is 2. The summed E-state index contributed by atoms with van der Waals surface area (Å²) in [4.78, 5) is 31.8. The molecule has 90 valence electrons. The van der Waals surface area contributed by atoms with Crippen LogP contribution in [-0.4, -0.2) is 40.9 Å². The van der Waals surface area contributed by atoms with Crippen LogP contribution in [0.15, 0.2) is 12.7 Å². The maximum atomic E-state index is 11.0. The first-order valence-corrected chi connectivity index (χ1v) is 4.46. The van der Waals surface area contributed by atoms with Crippen LogP contribution in [0.4, 0.5) is 4.79 Å². The van der Waals surface area contributed by atoms with Crippen LogP contribution in [0.5, 0.6) is 0 Å². The Hall–Kier alpha value is -2.05. The van der Waals surface area contributed by atoms with Gasteiger partial charge in [-0.05, 0) is 6.42 Å². The molecule has 0 heterocycles. The number of rotatable bonds is 7. The Bertz CT molecular complexity index is 288. The van der Waals surface area contributed by atoms with Crippen molar-refractivity contribution >= 4 is 18.0 Å². The maximum Gasteiger partial charge on any atom is 0.408 e. The van der Waals surface area contributed by atoms with Gasteiger partial charge in [0.15, 0.2) is 0 Å². The standard InChI is InChI=1S/C9H13NO6/c1-2-5-16-9(15)10-6(8(13)14)3-4-7(11)12/h2,6H,1,3-5H2,(H,10,15)(H,11,12)(H,13,14)/t6-/m0/s1. The van der Waals surface area contributed by atoms with Gasteiger partial charge in [-0.3, -0.25) is 4.79 Å². The Balaban J connectivity index is 4.11. The lowest BCUT2D eigenvalue weighted by Gasteiger charge is -2.12. The third-order valence-corrected chi connectivity index (χ3v) is 1.57. The van der Waals surface area contributed by atoms with Crippen molar-refractivity contribution in [3.63, 3.8) is 0 Å². The summed E-state index contributed by atoms with van der Waals surface area (Å²) in [6, 6.07) is -1.27. The third kappa shape index (κ3) is 6.41. The van der Waals surface area contributed by atoms with E-state index in [1.807, 2.05) is 5.32 Å². The topological polar surface area (TPSA) is 113 Å². The third-order valence-electron chi connectivity index (χ3n) is 1.57. The molecule has 1 atom stereocenters. The lowest BCUT2D eigenvalue weighted by atomic mass is 10.1. The molecule has 0 aliphatic carbocycles. The quantitative estimate of drug-likeness (QED) is 0.540. The van der Waals surface area contributed by atoms with E-state index in [1.54, 1.807) is 0 Å². The molecule has 0 bridgehead atoms. The molecule has 3 N–H and O–H groups in total. The Kier molecular flexibility index (Phi) is 6.34. The van der Waals surface area contributed by atoms with Crippen molar-refractivity contribution in [1.29, 1.82) is 0 Å². The van der Waals surface area contributed by atoms with Crippen molar-refractivity contribution in [2.24, 2.45) is 0 Å². The maximum absolute atomic E-state index is 11.0. The van der Waals surface area contributed by atoms with E-state index in [0.29, 0.717) is 0 Å². The fourth-order valence-electron chi connectivity index (χ4n) is 0.844. The lowest BCUT2D eigenvalue weighted by Crippen LogP contribution is -2.41. The van der Waals surface area contributed by atoms with Gasteiger partial charge in [-0.25, -0.2) is 9.59 Å². The minimum absolute atomic E-state index is 0.0445. The van der Waals surface area contributed by atoms with Gasteiger partial charge in [-0.1, -0.05) is 12.7 Å². The second-order valence-electron chi connectivity index (χ2n) is 2.85. The summed E-state index contributed by atoms with van der Waals surface area (Å²) in [6.45, 7) is 3.26. The number of nitrogens with one attached hydrogen (secondary N) is 1. The monoisotopic (exact) mass is 231 g/mol. The Labute approximate surface area is 91.7 Å². The van der Waals surface area contributed by atoms with Crippen LogP contribution in [0.25, 0.3) is 0 Å². The van der Waals surface area contributed by atoms with Gasteiger partial charge in [0.25, 0.3) is 0 Å². The predicted molar refractivity (Wildman–Crippen MR) is 53.0 cm³/mol. The van der Waals surface area contributed by atoms with Crippen LogP contribution in [0.3, 0.4) is 0 Å². The molecule has 7 heteroatoms. The van der Waals surface area contributed by atoms with Gasteiger partial charge in [0.2, 0.25) is 0 Å². The van der Waals surface area contributed by atoms with Crippen molar-refractivity contribution < 1.29 is 29.3 Å². The average Bonchev–Trinajstić information content (AvgIpc) is 2.20. The number of alkyl carbamates (subject to hydrolysis) is 1. The molecule has 1 amide bonds. The summed E-state index contributed by atoms with van der Waals surface area (Å²) >= 11 is 0. The molecule has 16 heavy (non-hydrogen) atoms. The van der Waals surface area contributed by atoms with Crippen LogP contribution in [0.1, 0.15) is 12.8 Å². The molecule has 0 unspecified atom stereocenters. The van der Waals surface area contributed by atoms with Crippen LogP contribution in [-0.2, 0) is 14.3 Å². The van der Waals surface area contributed by atoms with E-state index >= 15 is 0 Å². The second kappa shape index (κ2) is 7.27. The van der Waals surface area contributed by atoms with Gasteiger partial charge in [0, 0.05) is 6.42 Å². The highest BCUT2D eigenvalue weighted by atomic mass is 16.5. The smallest absolute Gasteiger partial charge is 0.408 e. The molecule has 0 saturated carbocycles. The first kappa shape index (κ1) is 13.9. The van der Waals surface area contributed by atoms with Gasteiger partial charge in [0.1, 0.15) is 12.6 Å². The molecule has 0 aromatic rings. The van der Waals surface area contributed by atoms with Crippen molar-refractivity contribution in [2.45, 2.75) is 18.9 Å². The van der Waals surface area contributed by atoms with Crippen molar-refractivity contribution in [3.05, 3.63) is 12.7 Å². The van der Waals surface area contributed by atoms with E-state index in [9.17, 15) is 14.4 Å². The molecule has 0 aliphatic heterocycles. The molecule has 0 fully saturated rings. The molecule has 0 saturated heterocycles. The first-order chi connectivity index (χ1) is 7.47. The van der Waals surface area contributed by atoms with Gasteiger partial charge >= 0.3 is 18.0 Å². The van der Waals surface area contributed by atoms with Crippen molar-refractivity contribution in [3.8, 4) is 0 Å². The molecule has 0 aromatic carbocycles. The van der Waals surface area contributed by atoms with Crippen LogP contribution < -0.4 is 5.32 Å². The zero-order valence-electron chi connectivity index (χ0n) is 8.51. The molecule has 7 nitrogen and oxygen atoms in total. The molecular weight excluding hydrogens is 218 g/mol. The lowest BCUT2D eigenvalue weighted by molar-refractivity contribution is -0.140. The summed E-state index contributed by atoms with van der Waals surface area (Å²) in [5, 5.41) is 19.1. The molecule has 0 aliphatic rings. The summed E-state index contributed by atoms with van der Waals surface area (Å²) < 4.78 is 4.50. The number of hydrogen-bond acceptors (Lipinski definition) is 4. The number of carboxylic acids is 2. The first-order valence-electron chi connectivity index (χ1n) is 4.46. The summed E-state index contributed by atoms with van der Waals surface area (Å²) in [5.41, 5.74) is 0. The van der Waals surface area contributed by atoms with Gasteiger partial charge in [-0.2, -0.15) is 0 Å². The molecular formula is C9H13NO6. The zero-order chi connectivity index (χ0) is 12.6. The Morgan fingerprint density at radius 3 is 2.44 bits per heavy atom. The summed E-state index contributed by atoms with van der Waals surface area (Å²) in [6.07, 6.45) is -0.142. The van der Waals surface area contributed by atoms with E-state index in [4.69, 9.17) is 10.2 Å². The van der Waals surface area contributed by atoms with Gasteiger partial charge in [-0.15, -0.1) is 0 Å². The van der Waals surface area contributed by atoms with E-state index < -0.39 is 24.1 Å². The number of carbonyl (C=O) groups is 3. The minimum atomic E-state index is -1.31. The molecule has 0 aromatic heterocycles.